The van der Waals surface area contributed by atoms with Gasteiger partial charge in [-0.05, 0) is 31.7 Å². The van der Waals surface area contributed by atoms with Gasteiger partial charge in [-0.1, -0.05) is 0 Å². The van der Waals surface area contributed by atoms with E-state index in [1.165, 1.54) is 16.7 Å². The van der Waals surface area contributed by atoms with Crippen molar-refractivity contribution in [3.8, 4) is 0 Å². The van der Waals surface area contributed by atoms with Crippen molar-refractivity contribution in [3.63, 3.8) is 0 Å². The summed E-state index contributed by atoms with van der Waals surface area (Å²) >= 11 is 0. The summed E-state index contributed by atoms with van der Waals surface area (Å²) in [5.74, 6) is 0.566. The lowest BCUT2D eigenvalue weighted by Gasteiger charge is -2.30. The molecule has 0 saturated carbocycles. The predicted octanol–water partition coefficient (Wildman–Crippen LogP) is 0.159. The molecule has 96 valence electrons. The lowest BCUT2D eigenvalue weighted by atomic mass is 9.95. The molecular formula is C10H18N4O2S. The summed E-state index contributed by atoms with van der Waals surface area (Å²) in [6, 6.07) is 0. The van der Waals surface area contributed by atoms with Crippen LogP contribution in [0.1, 0.15) is 19.3 Å². The average Bonchev–Trinajstić information content (AvgIpc) is 2.84. The van der Waals surface area contributed by atoms with Gasteiger partial charge in [-0.3, -0.25) is 5.10 Å². The Morgan fingerprint density at radius 1 is 1.47 bits per heavy atom. The molecule has 0 unspecified atom stereocenters. The summed E-state index contributed by atoms with van der Waals surface area (Å²) in [6.07, 6.45) is 5.55. The number of aromatic nitrogens is 2. The highest BCUT2D eigenvalue weighted by molar-refractivity contribution is 7.89. The third-order valence-corrected chi connectivity index (χ3v) is 5.12. The van der Waals surface area contributed by atoms with E-state index in [9.17, 15) is 8.42 Å². The fourth-order valence-electron chi connectivity index (χ4n) is 2.20. The predicted molar refractivity (Wildman–Crippen MR) is 63.7 cm³/mol. The van der Waals surface area contributed by atoms with E-state index in [1.54, 1.807) is 0 Å². The zero-order chi connectivity index (χ0) is 12.3. The largest absolute Gasteiger partial charge is 0.330 e. The smallest absolute Gasteiger partial charge is 0.246 e. The lowest BCUT2D eigenvalue weighted by Crippen LogP contribution is -2.38. The van der Waals surface area contributed by atoms with E-state index >= 15 is 0 Å². The van der Waals surface area contributed by atoms with Crippen LogP contribution in [0.15, 0.2) is 17.3 Å². The van der Waals surface area contributed by atoms with E-state index in [2.05, 4.69) is 10.2 Å². The summed E-state index contributed by atoms with van der Waals surface area (Å²) in [4.78, 5) is 0.245. The number of nitrogens with one attached hydrogen (secondary N) is 1. The molecule has 2 rings (SSSR count). The Balaban J connectivity index is 2.01. The normalized spacial score (nSPS) is 19.6. The van der Waals surface area contributed by atoms with Crippen molar-refractivity contribution in [2.24, 2.45) is 11.7 Å². The molecule has 6 nitrogen and oxygen atoms in total. The fraction of sp³-hybridized carbons (Fsp3) is 0.700. The van der Waals surface area contributed by atoms with Gasteiger partial charge in [0, 0.05) is 19.3 Å². The van der Waals surface area contributed by atoms with Gasteiger partial charge < -0.3 is 5.73 Å². The first-order valence-electron chi connectivity index (χ1n) is 5.83. The number of sulfonamides is 1. The first-order chi connectivity index (χ1) is 8.14. The van der Waals surface area contributed by atoms with Crippen molar-refractivity contribution in [1.82, 2.24) is 14.5 Å². The van der Waals surface area contributed by atoms with Crippen molar-refractivity contribution in [2.75, 3.05) is 19.6 Å². The molecule has 1 aromatic heterocycles. The molecule has 3 N–H and O–H groups in total. The molecule has 0 aliphatic carbocycles. The van der Waals surface area contributed by atoms with E-state index in [-0.39, 0.29) is 4.90 Å². The van der Waals surface area contributed by atoms with Crippen LogP contribution in [-0.2, 0) is 10.0 Å². The van der Waals surface area contributed by atoms with Crippen LogP contribution >= 0.6 is 0 Å². The Morgan fingerprint density at radius 2 is 2.18 bits per heavy atom. The van der Waals surface area contributed by atoms with Crippen LogP contribution in [-0.4, -0.2) is 42.6 Å². The van der Waals surface area contributed by atoms with E-state index < -0.39 is 10.0 Å². The van der Waals surface area contributed by atoms with Crippen LogP contribution in [0.5, 0.6) is 0 Å². The third kappa shape index (κ3) is 2.67. The van der Waals surface area contributed by atoms with E-state index in [4.69, 9.17) is 5.73 Å². The average molecular weight is 258 g/mol. The number of rotatable bonds is 4. The molecule has 0 amide bonds. The monoisotopic (exact) mass is 258 g/mol. The van der Waals surface area contributed by atoms with E-state index in [0.717, 1.165) is 19.3 Å². The number of nitrogens with two attached hydrogens (primary N) is 1. The molecule has 0 radical (unpaired) electrons. The highest BCUT2D eigenvalue weighted by Gasteiger charge is 2.29. The van der Waals surface area contributed by atoms with Gasteiger partial charge in [-0.2, -0.15) is 9.40 Å². The van der Waals surface area contributed by atoms with Gasteiger partial charge in [0.05, 0.1) is 6.20 Å². The number of piperidine rings is 1. The number of hydrogen-bond donors (Lipinski definition) is 2. The van der Waals surface area contributed by atoms with Gasteiger partial charge in [0.25, 0.3) is 0 Å². The Morgan fingerprint density at radius 3 is 2.71 bits per heavy atom. The van der Waals surface area contributed by atoms with Crippen molar-refractivity contribution in [2.45, 2.75) is 24.2 Å². The molecule has 1 aromatic rings. The van der Waals surface area contributed by atoms with Gasteiger partial charge in [0.15, 0.2) is 0 Å². The van der Waals surface area contributed by atoms with Gasteiger partial charge >= 0.3 is 0 Å². The minimum absolute atomic E-state index is 0.245. The number of nitrogens with zero attached hydrogens (tertiary/aromatic N) is 2. The molecule has 0 spiro atoms. The molecule has 1 saturated heterocycles. The molecule has 2 heterocycles. The number of aromatic amines is 1. The zero-order valence-corrected chi connectivity index (χ0v) is 10.5. The van der Waals surface area contributed by atoms with Crippen molar-refractivity contribution < 1.29 is 8.42 Å². The number of H-pyrrole nitrogens is 1. The van der Waals surface area contributed by atoms with Crippen molar-refractivity contribution >= 4 is 10.0 Å². The molecular weight excluding hydrogens is 240 g/mol. The van der Waals surface area contributed by atoms with Crippen molar-refractivity contribution in [1.29, 1.82) is 0 Å². The minimum Gasteiger partial charge on any atom is -0.330 e. The van der Waals surface area contributed by atoms with Crippen LogP contribution in [0.25, 0.3) is 0 Å². The van der Waals surface area contributed by atoms with Crippen molar-refractivity contribution in [3.05, 3.63) is 12.4 Å². The second-order valence-corrected chi connectivity index (χ2v) is 6.30. The molecule has 1 fully saturated rings. The van der Waals surface area contributed by atoms with Crippen LogP contribution in [0.2, 0.25) is 0 Å². The first kappa shape index (κ1) is 12.5. The molecule has 0 bridgehead atoms. The first-order valence-corrected chi connectivity index (χ1v) is 7.27. The molecule has 0 aromatic carbocycles. The summed E-state index contributed by atoms with van der Waals surface area (Å²) in [7, 11) is -3.35. The second kappa shape index (κ2) is 5.16. The zero-order valence-electron chi connectivity index (χ0n) is 9.67. The second-order valence-electron chi connectivity index (χ2n) is 4.36. The number of hydrogen-bond acceptors (Lipinski definition) is 4. The van der Waals surface area contributed by atoms with E-state index in [0.29, 0.717) is 25.6 Å². The van der Waals surface area contributed by atoms with E-state index in [1.807, 2.05) is 0 Å². The highest BCUT2D eigenvalue weighted by Crippen LogP contribution is 2.24. The van der Waals surface area contributed by atoms with Gasteiger partial charge in [-0.15, -0.1) is 0 Å². The maximum Gasteiger partial charge on any atom is 0.246 e. The Bertz CT molecular complexity index is 435. The van der Waals surface area contributed by atoms with Crippen LogP contribution < -0.4 is 5.73 Å². The molecule has 1 aliphatic rings. The quantitative estimate of drug-likeness (QED) is 0.804. The summed E-state index contributed by atoms with van der Waals surface area (Å²) in [6.45, 7) is 1.84. The minimum atomic E-state index is -3.35. The standard InChI is InChI=1S/C10H18N4O2S/c11-4-1-9-2-5-14(6-3-9)17(15,16)10-7-12-13-8-10/h7-9H,1-6,11H2,(H,12,13). The summed E-state index contributed by atoms with van der Waals surface area (Å²) in [5, 5.41) is 6.21. The maximum atomic E-state index is 12.2. The maximum absolute atomic E-state index is 12.2. The summed E-state index contributed by atoms with van der Waals surface area (Å²) < 4.78 is 25.8. The lowest BCUT2D eigenvalue weighted by molar-refractivity contribution is 0.266. The van der Waals surface area contributed by atoms with Gasteiger partial charge in [0.2, 0.25) is 10.0 Å². The Kier molecular flexibility index (Phi) is 3.80. The molecule has 1 aliphatic heterocycles. The topological polar surface area (TPSA) is 92.1 Å². The highest BCUT2D eigenvalue weighted by atomic mass is 32.2. The fourth-order valence-corrected chi connectivity index (χ4v) is 3.58. The van der Waals surface area contributed by atoms with Gasteiger partial charge in [0.1, 0.15) is 4.90 Å². The summed E-state index contributed by atoms with van der Waals surface area (Å²) in [5.41, 5.74) is 5.51. The third-order valence-electron chi connectivity index (χ3n) is 3.26. The molecule has 0 atom stereocenters. The SMILES string of the molecule is NCCC1CCN(S(=O)(=O)c2cn[nH]c2)CC1. The Hall–Kier alpha value is -0.920. The Labute approximate surface area is 101 Å². The van der Waals surface area contributed by atoms with Crippen LogP contribution in [0, 0.1) is 5.92 Å². The van der Waals surface area contributed by atoms with Gasteiger partial charge in [-0.25, -0.2) is 8.42 Å². The van der Waals surface area contributed by atoms with Crippen LogP contribution in [0.3, 0.4) is 0 Å². The van der Waals surface area contributed by atoms with Crippen LogP contribution in [0.4, 0.5) is 0 Å². The molecule has 17 heavy (non-hydrogen) atoms. The molecule has 7 heteroatoms.